The highest BCUT2D eigenvalue weighted by Crippen LogP contribution is 2.66. The standard InChI is InChI=1S/C31H37F2N5O5SSi/c1-19(39)16-36-27(40)31-14-26(31)30(2,38-29(44-31)43-28(41)37-18-42-10-11-45(3,4)5)22-12-20(6-8-23(22)32)13-24(33)25-9-7-21(15-34)17-35-25/h6-9,12-13,17,19,26,39H,10-11,14,16,18H2,1-5H3,(H,36,40)(H,37,41)/b24-13-/t19?,26-,30+,31-/m0/s1. The minimum atomic E-state index is -1.37. The van der Waals surface area contributed by atoms with Gasteiger partial charge in [-0.1, -0.05) is 25.7 Å². The molecule has 2 amide bonds. The van der Waals surface area contributed by atoms with Crippen LogP contribution >= 0.6 is 11.8 Å². The van der Waals surface area contributed by atoms with E-state index in [1.165, 1.54) is 49.5 Å². The third kappa shape index (κ3) is 8.34. The average molecular weight is 658 g/mol. The summed E-state index contributed by atoms with van der Waals surface area (Å²) >= 11 is 0.973. The number of nitrogens with zero attached hydrogens (tertiary/aromatic N) is 3. The summed E-state index contributed by atoms with van der Waals surface area (Å²) in [5, 5.41) is 23.8. The minimum absolute atomic E-state index is 0.000303. The fourth-order valence-corrected chi connectivity index (χ4v) is 7.16. The molecule has 240 valence electrons. The Morgan fingerprint density at radius 1 is 1.29 bits per heavy atom. The van der Waals surface area contributed by atoms with Crippen LogP contribution in [0.5, 0.6) is 0 Å². The lowest BCUT2D eigenvalue weighted by molar-refractivity contribution is -0.122. The first kappa shape index (κ1) is 34.2. The minimum Gasteiger partial charge on any atom is -0.392 e. The number of aromatic nitrogens is 1. The summed E-state index contributed by atoms with van der Waals surface area (Å²) in [5.74, 6) is -2.23. The average Bonchev–Trinajstić information content (AvgIpc) is 3.73. The van der Waals surface area contributed by atoms with Crippen molar-refractivity contribution in [2.75, 3.05) is 19.9 Å². The molecule has 0 saturated heterocycles. The van der Waals surface area contributed by atoms with Crippen LogP contribution < -0.4 is 10.6 Å². The molecule has 2 heterocycles. The van der Waals surface area contributed by atoms with E-state index in [1.807, 2.05) is 6.07 Å². The third-order valence-corrected chi connectivity index (χ3v) is 10.6. The number of benzene rings is 1. The first-order chi connectivity index (χ1) is 21.2. The van der Waals surface area contributed by atoms with E-state index in [0.717, 1.165) is 17.8 Å². The molecule has 10 nitrogen and oxygen atoms in total. The van der Waals surface area contributed by atoms with E-state index < -0.39 is 54.0 Å². The van der Waals surface area contributed by atoms with Crippen molar-refractivity contribution >= 4 is 49.0 Å². The van der Waals surface area contributed by atoms with Crippen LogP contribution in [0.25, 0.3) is 11.9 Å². The van der Waals surface area contributed by atoms with E-state index >= 15 is 8.78 Å². The van der Waals surface area contributed by atoms with E-state index in [-0.39, 0.29) is 35.3 Å². The van der Waals surface area contributed by atoms with Crippen molar-refractivity contribution in [2.45, 2.75) is 62.3 Å². The van der Waals surface area contributed by atoms with Crippen LogP contribution in [0.3, 0.4) is 0 Å². The quantitative estimate of drug-likeness (QED) is 0.170. The molecule has 2 aliphatic rings. The lowest BCUT2D eigenvalue weighted by Gasteiger charge is -2.34. The van der Waals surface area contributed by atoms with Crippen molar-refractivity contribution < 1.29 is 33.0 Å². The van der Waals surface area contributed by atoms with Gasteiger partial charge in [-0.15, -0.1) is 0 Å². The number of fused-ring (bicyclic) bond motifs is 1. The van der Waals surface area contributed by atoms with Gasteiger partial charge in [0, 0.05) is 38.9 Å². The molecular weight excluding hydrogens is 621 g/mol. The van der Waals surface area contributed by atoms with E-state index in [9.17, 15) is 14.7 Å². The van der Waals surface area contributed by atoms with Crippen LogP contribution in [0.15, 0.2) is 41.5 Å². The van der Waals surface area contributed by atoms with Gasteiger partial charge >= 0.3 is 6.09 Å². The normalized spacial score (nSPS) is 23.2. The Morgan fingerprint density at radius 2 is 2.04 bits per heavy atom. The number of alkyl carbamates (subject to hydrolysis) is 1. The zero-order valence-corrected chi connectivity index (χ0v) is 27.6. The number of halogens is 2. The monoisotopic (exact) mass is 657 g/mol. The first-order valence-corrected chi connectivity index (χ1v) is 19.0. The summed E-state index contributed by atoms with van der Waals surface area (Å²) in [6.07, 6.45) is 1.09. The van der Waals surface area contributed by atoms with E-state index in [0.29, 0.717) is 18.6 Å². The Labute approximate surface area is 266 Å². The van der Waals surface area contributed by atoms with Gasteiger partial charge in [0.1, 0.15) is 29.2 Å². The number of nitrogens with one attached hydrogen (secondary N) is 2. The van der Waals surface area contributed by atoms with Gasteiger partial charge in [0.2, 0.25) is 5.91 Å². The predicted octanol–water partition coefficient (Wildman–Crippen LogP) is 5.17. The van der Waals surface area contributed by atoms with E-state index in [4.69, 9.17) is 14.7 Å². The molecular formula is C31H37F2N5O5SSi. The van der Waals surface area contributed by atoms with E-state index in [1.54, 1.807) is 6.92 Å². The number of ether oxygens (including phenoxy) is 2. The molecule has 14 heteroatoms. The van der Waals surface area contributed by atoms with Crippen molar-refractivity contribution in [2.24, 2.45) is 10.9 Å². The highest BCUT2D eigenvalue weighted by atomic mass is 32.2. The molecule has 1 aromatic heterocycles. The number of amides is 2. The van der Waals surface area contributed by atoms with Crippen molar-refractivity contribution in [1.82, 2.24) is 15.6 Å². The molecule has 4 rings (SSSR count). The summed E-state index contributed by atoms with van der Waals surface area (Å²) < 4.78 is 40.5. The molecule has 0 bridgehead atoms. The molecule has 4 atom stereocenters. The van der Waals surface area contributed by atoms with Gasteiger partial charge in [-0.3, -0.25) is 15.1 Å². The number of nitriles is 1. The maximum Gasteiger partial charge on any atom is 0.416 e. The second kappa shape index (κ2) is 13.8. The molecule has 3 N–H and O–H groups in total. The van der Waals surface area contributed by atoms with Gasteiger partial charge in [-0.05, 0) is 74.0 Å². The summed E-state index contributed by atoms with van der Waals surface area (Å²) in [7, 11) is -1.31. The molecule has 0 radical (unpaired) electrons. The molecule has 45 heavy (non-hydrogen) atoms. The summed E-state index contributed by atoms with van der Waals surface area (Å²) in [4.78, 5) is 34.7. The zero-order chi connectivity index (χ0) is 33.0. The summed E-state index contributed by atoms with van der Waals surface area (Å²) in [6.45, 7) is 10.2. The van der Waals surface area contributed by atoms with Crippen LogP contribution in [-0.2, 0) is 19.8 Å². The summed E-state index contributed by atoms with van der Waals surface area (Å²) in [5.41, 5.74) is -0.689. The number of aliphatic imine (C=N–C) groups is 1. The van der Waals surface area contributed by atoms with Gasteiger partial charge in [-0.25, -0.2) is 18.6 Å². The van der Waals surface area contributed by atoms with Crippen LogP contribution in [0.1, 0.15) is 42.7 Å². The van der Waals surface area contributed by atoms with Crippen LogP contribution in [0, 0.1) is 23.1 Å². The van der Waals surface area contributed by atoms with Crippen molar-refractivity contribution in [1.29, 1.82) is 5.26 Å². The van der Waals surface area contributed by atoms with Crippen molar-refractivity contribution in [3.05, 3.63) is 64.7 Å². The number of rotatable bonds is 11. The highest BCUT2D eigenvalue weighted by molar-refractivity contribution is 8.15. The number of aliphatic hydroxyl groups excluding tert-OH is 1. The number of thioether (sulfide) groups is 1. The second-order valence-corrected chi connectivity index (χ2v) is 19.4. The predicted molar refractivity (Wildman–Crippen MR) is 171 cm³/mol. The Morgan fingerprint density at radius 3 is 2.69 bits per heavy atom. The number of hydrogen-bond donors (Lipinski definition) is 3. The Hall–Kier alpha value is -3.64. The van der Waals surface area contributed by atoms with Crippen LogP contribution in [0.4, 0.5) is 13.6 Å². The van der Waals surface area contributed by atoms with Crippen molar-refractivity contribution in [3.8, 4) is 6.07 Å². The first-order valence-electron chi connectivity index (χ1n) is 14.5. The fourth-order valence-electron chi connectivity index (χ4n) is 4.95. The van der Waals surface area contributed by atoms with Gasteiger partial charge < -0.3 is 19.9 Å². The molecule has 1 aliphatic carbocycles. The van der Waals surface area contributed by atoms with Gasteiger partial charge in [0.15, 0.2) is 0 Å². The fraction of sp³-hybridized carbons (Fsp3) is 0.452. The van der Waals surface area contributed by atoms with Gasteiger partial charge in [0.25, 0.3) is 5.23 Å². The molecule has 0 spiro atoms. The second-order valence-electron chi connectivity index (χ2n) is 12.5. The van der Waals surface area contributed by atoms with E-state index in [2.05, 4.69) is 40.3 Å². The maximum atomic E-state index is 15.5. The molecule has 1 unspecified atom stereocenters. The van der Waals surface area contributed by atoms with Gasteiger partial charge in [0.05, 0.1) is 22.9 Å². The number of carbonyl (C=O) groups is 2. The lowest BCUT2D eigenvalue weighted by atomic mass is 9.84. The number of hydrogen-bond acceptors (Lipinski definition) is 9. The molecule has 2 aromatic rings. The maximum absolute atomic E-state index is 15.5. The zero-order valence-electron chi connectivity index (χ0n) is 25.8. The van der Waals surface area contributed by atoms with Crippen molar-refractivity contribution in [3.63, 3.8) is 0 Å². The lowest BCUT2D eigenvalue weighted by Crippen LogP contribution is -2.45. The Bertz CT molecular complexity index is 1540. The van der Waals surface area contributed by atoms with Crippen LogP contribution in [0.2, 0.25) is 25.7 Å². The van der Waals surface area contributed by atoms with Gasteiger partial charge in [-0.2, -0.15) is 5.26 Å². The molecule has 1 saturated carbocycles. The molecule has 1 aliphatic heterocycles. The highest BCUT2D eigenvalue weighted by Gasteiger charge is 2.71. The topological polar surface area (TPSA) is 146 Å². The third-order valence-electron chi connectivity index (χ3n) is 7.59. The Balaban J connectivity index is 1.61. The Kier molecular flexibility index (Phi) is 10.5. The largest absolute Gasteiger partial charge is 0.416 e. The number of pyridine rings is 1. The molecule has 1 fully saturated rings. The summed E-state index contributed by atoms with van der Waals surface area (Å²) in [6, 6.07) is 9.68. The molecule has 1 aromatic carbocycles. The smallest absolute Gasteiger partial charge is 0.392 e. The van der Waals surface area contributed by atoms with Crippen LogP contribution in [-0.4, -0.2) is 66.1 Å². The number of carbonyl (C=O) groups excluding carboxylic acids is 2. The SMILES string of the molecule is CC(O)CNC(=O)[C@]12C[C@H]1[C@@](C)(c1cc(/C=C(\F)c3ccc(C#N)cn3)ccc1F)N=C(OC(=O)NCOCC[Si](C)(C)C)S2. The number of aliphatic hydroxyl groups is 1.